The first-order chi connectivity index (χ1) is 19.5. The first-order valence-electron chi connectivity index (χ1n) is 14.4. The monoisotopic (exact) mass is 580 g/mol. The van der Waals surface area contributed by atoms with Crippen molar-refractivity contribution in [2.75, 3.05) is 70.5 Å². The Bertz CT molecular complexity index is 1220. The molecule has 0 bridgehead atoms. The highest BCUT2D eigenvalue weighted by atomic mass is 35.5. The maximum atomic E-state index is 6.38. The quantitative estimate of drug-likeness (QED) is 0.234. The second-order valence-electron chi connectivity index (χ2n) is 10.6. The van der Waals surface area contributed by atoms with Crippen molar-refractivity contribution >= 4 is 34.7 Å². The molecule has 40 heavy (non-hydrogen) atoms. The van der Waals surface area contributed by atoms with Crippen LogP contribution in [-0.4, -0.2) is 81.4 Å². The smallest absolute Gasteiger partial charge is 0.119 e. The zero-order valence-electron chi connectivity index (χ0n) is 23.7. The Kier molecular flexibility index (Phi) is 10.5. The highest BCUT2D eigenvalue weighted by molar-refractivity contribution is 7.99. The van der Waals surface area contributed by atoms with Crippen molar-refractivity contribution in [3.05, 3.63) is 71.8 Å². The maximum absolute atomic E-state index is 6.38. The average molecular weight is 581 g/mol. The van der Waals surface area contributed by atoms with Crippen molar-refractivity contribution in [1.82, 2.24) is 15.1 Å². The molecule has 0 amide bonds. The first-order valence-corrected chi connectivity index (χ1v) is 15.6. The van der Waals surface area contributed by atoms with E-state index >= 15 is 0 Å². The summed E-state index contributed by atoms with van der Waals surface area (Å²) in [6.45, 7) is 13.9. The number of piperazine rings is 1. The van der Waals surface area contributed by atoms with E-state index in [1.807, 2.05) is 42.1 Å². The minimum atomic E-state index is 0.476. The molecule has 1 N–H and O–H groups in total. The molecule has 0 unspecified atom stereocenters. The Morgan fingerprint density at radius 2 is 1.43 bits per heavy atom. The Hall–Kier alpha value is -2.42. The van der Waals surface area contributed by atoms with E-state index in [0.717, 1.165) is 75.3 Å². The molecule has 0 aliphatic carbocycles. The molecule has 3 aromatic carbocycles. The van der Waals surface area contributed by atoms with Gasteiger partial charge in [-0.15, -0.1) is 0 Å². The van der Waals surface area contributed by atoms with Gasteiger partial charge >= 0.3 is 0 Å². The van der Waals surface area contributed by atoms with Crippen molar-refractivity contribution in [1.29, 1.82) is 0 Å². The van der Waals surface area contributed by atoms with E-state index in [1.54, 1.807) is 0 Å². The van der Waals surface area contributed by atoms with Crippen LogP contribution in [0.25, 0.3) is 0 Å². The van der Waals surface area contributed by atoms with Crippen molar-refractivity contribution in [3.8, 4) is 11.5 Å². The van der Waals surface area contributed by atoms with Crippen LogP contribution >= 0.6 is 23.4 Å². The standard InChI is InChI=1S/C32H41ClN4O2S/c1-25(2)34-14-22-38-27-9-11-28(12-10-27)39-23-21-36-19-17-35(18-20-36)15-5-16-37-29-6-3-4-7-31(29)40-32-13-8-26(33)24-30(32)37/h3-4,6-13,24-25,34H,5,14-23H2,1-2H3. The molecule has 0 aromatic heterocycles. The van der Waals surface area contributed by atoms with E-state index < -0.39 is 0 Å². The summed E-state index contributed by atoms with van der Waals surface area (Å²) in [6, 6.07) is 23.4. The van der Waals surface area contributed by atoms with Crippen molar-refractivity contribution in [2.45, 2.75) is 36.1 Å². The van der Waals surface area contributed by atoms with Gasteiger partial charge < -0.3 is 24.6 Å². The van der Waals surface area contributed by atoms with Gasteiger partial charge in [0.2, 0.25) is 0 Å². The second kappa shape index (κ2) is 14.5. The summed E-state index contributed by atoms with van der Waals surface area (Å²) in [5.41, 5.74) is 2.51. The number of nitrogens with one attached hydrogen (secondary N) is 1. The van der Waals surface area contributed by atoms with Crippen LogP contribution in [0.15, 0.2) is 76.5 Å². The minimum absolute atomic E-state index is 0.476. The van der Waals surface area contributed by atoms with Crippen LogP contribution in [-0.2, 0) is 0 Å². The van der Waals surface area contributed by atoms with E-state index in [1.165, 1.54) is 21.2 Å². The fourth-order valence-electron chi connectivity index (χ4n) is 5.17. The number of nitrogens with zero attached hydrogens (tertiary/aromatic N) is 3. The van der Waals surface area contributed by atoms with E-state index in [2.05, 4.69) is 70.3 Å². The van der Waals surface area contributed by atoms with E-state index in [9.17, 15) is 0 Å². The molecule has 5 rings (SSSR count). The lowest BCUT2D eigenvalue weighted by molar-refractivity contribution is 0.116. The predicted molar refractivity (Wildman–Crippen MR) is 167 cm³/mol. The number of benzene rings is 3. The van der Waals surface area contributed by atoms with Crippen molar-refractivity contribution in [3.63, 3.8) is 0 Å². The summed E-state index contributed by atoms with van der Waals surface area (Å²) in [7, 11) is 0. The fraction of sp³-hybridized carbons (Fsp3) is 0.438. The van der Waals surface area contributed by atoms with Crippen LogP contribution < -0.4 is 19.7 Å². The van der Waals surface area contributed by atoms with Crippen LogP contribution in [0.5, 0.6) is 11.5 Å². The largest absolute Gasteiger partial charge is 0.492 e. The molecule has 3 aromatic rings. The van der Waals surface area contributed by atoms with Gasteiger partial charge in [0.25, 0.3) is 0 Å². The molecular weight excluding hydrogens is 540 g/mol. The number of para-hydroxylation sites is 1. The van der Waals surface area contributed by atoms with Gasteiger partial charge in [0, 0.05) is 66.7 Å². The highest BCUT2D eigenvalue weighted by Crippen LogP contribution is 2.48. The molecule has 8 heteroatoms. The van der Waals surface area contributed by atoms with Gasteiger partial charge in [-0.3, -0.25) is 4.90 Å². The number of hydrogen-bond acceptors (Lipinski definition) is 7. The Morgan fingerprint density at radius 3 is 2.15 bits per heavy atom. The van der Waals surface area contributed by atoms with Crippen LogP contribution in [0.2, 0.25) is 5.02 Å². The second-order valence-corrected chi connectivity index (χ2v) is 12.2. The molecule has 6 nitrogen and oxygen atoms in total. The first kappa shape index (κ1) is 29.1. The Labute approximate surface area is 248 Å². The summed E-state index contributed by atoms with van der Waals surface area (Å²) in [6.07, 6.45) is 1.11. The normalized spacial score (nSPS) is 15.7. The van der Waals surface area contributed by atoms with Gasteiger partial charge in [-0.2, -0.15) is 0 Å². The number of ether oxygens (including phenoxy) is 2. The van der Waals surface area contributed by atoms with Gasteiger partial charge in [0.1, 0.15) is 24.7 Å². The Balaban J connectivity index is 1.00. The molecule has 2 aliphatic rings. The van der Waals surface area contributed by atoms with Crippen LogP contribution in [0, 0.1) is 0 Å². The molecule has 0 spiro atoms. The lowest BCUT2D eigenvalue weighted by atomic mass is 10.2. The average Bonchev–Trinajstić information content (AvgIpc) is 2.96. The topological polar surface area (TPSA) is 40.2 Å². The summed E-state index contributed by atoms with van der Waals surface area (Å²) in [5.74, 6) is 1.78. The SMILES string of the molecule is CC(C)NCCOc1ccc(OCCN2CCN(CCCN3c4ccccc4Sc4ccc(Cl)cc43)CC2)cc1. The fourth-order valence-corrected chi connectivity index (χ4v) is 6.42. The summed E-state index contributed by atoms with van der Waals surface area (Å²) in [4.78, 5) is 10.1. The maximum Gasteiger partial charge on any atom is 0.119 e. The predicted octanol–water partition coefficient (Wildman–Crippen LogP) is 6.41. The van der Waals surface area contributed by atoms with Crippen molar-refractivity contribution in [2.24, 2.45) is 0 Å². The van der Waals surface area contributed by atoms with Crippen LogP contribution in [0.4, 0.5) is 11.4 Å². The molecule has 0 atom stereocenters. The van der Waals surface area contributed by atoms with Gasteiger partial charge in [-0.1, -0.05) is 49.3 Å². The van der Waals surface area contributed by atoms with E-state index in [4.69, 9.17) is 21.1 Å². The lowest BCUT2D eigenvalue weighted by Crippen LogP contribution is -2.47. The van der Waals surface area contributed by atoms with Crippen molar-refractivity contribution < 1.29 is 9.47 Å². The van der Waals surface area contributed by atoms with Crippen LogP contribution in [0.1, 0.15) is 20.3 Å². The molecule has 0 saturated carbocycles. The third-order valence-corrected chi connectivity index (χ3v) is 8.70. The lowest BCUT2D eigenvalue weighted by Gasteiger charge is -2.36. The summed E-state index contributed by atoms with van der Waals surface area (Å²) >= 11 is 8.21. The molecule has 1 saturated heterocycles. The summed E-state index contributed by atoms with van der Waals surface area (Å²) in [5, 5.41) is 4.15. The Morgan fingerprint density at radius 1 is 0.775 bits per heavy atom. The zero-order valence-corrected chi connectivity index (χ0v) is 25.2. The number of anilines is 2. The highest BCUT2D eigenvalue weighted by Gasteiger charge is 2.24. The van der Waals surface area contributed by atoms with E-state index in [0.29, 0.717) is 19.3 Å². The minimum Gasteiger partial charge on any atom is -0.492 e. The third kappa shape index (κ3) is 8.08. The number of fused-ring (bicyclic) bond motifs is 2. The summed E-state index contributed by atoms with van der Waals surface area (Å²) < 4.78 is 11.8. The van der Waals surface area contributed by atoms with Gasteiger partial charge in [-0.05, 0) is 67.6 Å². The van der Waals surface area contributed by atoms with E-state index in [-0.39, 0.29) is 0 Å². The number of hydrogen-bond donors (Lipinski definition) is 1. The molecule has 214 valence electrons. The molecule has 1 fully saturated rings. The zero-order chi connectivity index (χ0) is 27.7. The third-order valence-electron chi connectivity index (χ3n) is 7.33. The van der Waals surface area contributed by atoms with Gasteiger partial charge in [-0.25, -0.2) is 0 Å². The van der Waals surface area contributed by atoms with Crippen LogP contribution in [0.3, 0.4) is 0 Å². The number of rotatable bonds is 13. The molecular formula is C32H41ClN4O2S. The van der Waals surface area contributed by atoms with Gasteiger partial charge in [0.05, 0.1) is 11.4 Å². The molecule has 2 aliphatic heterocycles. The molecule has 0 radical (unpaired) electrons. The van der Waals surface area contributed by atoms with Gasteiger partial charge in [0.15, 0.2) is 0 Å². The number of halogens is 1. The molecule has 2 heterocycles.